The van der Waals surface area contributed by atoms with Crippen LogP contribution in [0.25, 0.3) is 10.9 Å². The Morgan fingerprint density at radius 1 is 1.12 bits per heavy atom. The molecule has 2 aliphatic heterocycles. The van der Waals surface area contributed by atoms with Crippen LogP contribution in [-0.2, 0) is 27.8 Å². The highest BCUT2D eigenvalue weighted by Crippen LogP contribution is 2.53. The number of aromatic nitrogens is 3. The molecule has 0 radical (unpaired) electrons. The summed E-state index contributed by atoms with van der Waals surface area (Å²) in [6.07, 6.45) is 9.28. The summed E-state index contributed by atoms with van der Waals surface area (Å²) in [6, 6.07) is 11.5. The zero-order valence-corrected chi connectivity index (χ0v) is 33.4. The summed E-state index contributed by atoms with van der Waals surface area (Å²) in [5, 5.41) is 13.6. The number of nitrogens with two attached hydrogens (primary N) is 2. The molecule has 2 aromatic carbocycles. The standard InChI is InChI=1S/C44H54N10O3/c1-4-28-20-30-31(43(2,3)41-39(40(30)56)29-11-10-27(22-45)19-35(29)50-41)21-36(28)53-15-17-54(18-16-53)38(55)9-6-14-52-24-37(44(25-52)12-13-44)51-42(57)32(46)7-5-8-34-33(47)23-48-26-49-34/h10-11,19-21,23,26,32,37,50H,4-9,12-18,24-25,46-47H2,1-3H3,(H,51,57)/t32-,37-/m0/s1. The molecular formula is C44H54N10O3. The first kappa shape index (κ1) is 38.5. The number of rotatable bonds is 12. The van der Waals surface area contributed by atoms with Crippen molar-refractivity contribution in [2.75, 3.05) is 56.4 Å². The van der Waals surface area contributed by atoms with E-state index in [1.807, 2.05) is 17.0 Å². The van der Waals surface area contributed by atoms with E-state index in [2.05, 4.69) is 69.0 Å². The summed E-state index contributed by atoms with van der Waals surface area (Å²) >= 11 is 0. The molecule has 2 saturated heterocycles. The monoisotopic (exact) mass is 770 g/mol. The Morgan fingerprint density at radius 2 is 1.91 bits per heavy atom. The SMILES string of the molecule is CCc1cc2c(cc1N1CCN(C(=O)CCCN3C[C@H](NC(=O)[C@@H](N)CCCc4ncncc4N)C4(CC4)C3)CC1)C(C)(C)c1[nH]c3cc(C#N)ccc3c1C2=O. The average molecular weight is 771 g/mol. The maximum atomic E-state index is 14.1. The zero-order valence-electron chi connectivity index (χ0n) is 33.4. The van der Waals surface area contributed by atoms with Gasteiger partial charge in [0.15, 0.2) is 5.78 Å². The second-order valence-electron chi connectivity index (χ2n) is 17.1. The molecule has 1 saturated carbocycles. The molecule has 0 unspecified atom stereocenters. The molecule has 2 aliphatic carbocycles. The molecule has 2 atom stereocenters. The maximum Gasteiger partial charge on any atom is 0.237 e. The first-order valence-electron chi connectivity index (χ1n) is 20.6. The lowest BCUT2D eigenvalue weighted by molar-refractivity contribution is -0.131. The second kappa shape index (κ2) is 15.2. The Kier molecular flexibility index (Phi) is 10.3. The number of aryl methyl sites for hydroxylation is 2. The highest BCUT2D eigenvalue weighted by molar-refractivity contribution is 6.20. The average Bonchev–Trinajstić information content (AvgIpc) is 3.77. The number of piperazine rings is 1. The van der Waals surface area contributed by atoms with Crippen molar-refractivity contribution in [2.45, 2.75) is 89.6 Å². The fourth-order valence-corrected chi connectivity index (χ4v) is 9.55. The third kappa shape index (κ3) is 7.25. The summed E-state index contributed by atoms with van der Waals surface area (Å²) in [6.45, 7) is 11.8. The largest absolute Gasteiger partial charge is 0.396 e. The fraction of sp³-hybridized carbons (Fsp3) is 0.500. The Bertz CT molecular complexity index is 2260. The van der Waals surface area contributed by atoms with Gasteiger partial charge < -0.3 is 36.5 Å². The Hall–Kier alpha value is -5.32. The van der Waals surface area contributed by atoms with E-state index in [0.717, 1.165) is 109 Å². The summed E-state index contributed by atoms with van der Waals surface area (Å²) in [4.78, 5) is 59.1. The summed E-state index contributed by atoms with van der Waals surface area (Å²) in [7, 11) is 0. The van der Waals surface area contributed by atoms with Gasteiger partial charge in [-0.25, -0.2) is 9.97 Å². The van der Waals surface area contributed by atoms with Gasteiger partial charge in [0, 0.05) is 90.4 Å². The zero-order chi connectivity index (χ0) is 40.1. The van der Waals surface area contributed by atoms with E-state index in [4.69, 9.17) is 11.5 Å². The van der Waals surface area contributed by atoms with E-state index in [1.54, 1.807) is 12.3 Å². The number of fused-ring (bicyclic) bond motifs is 4. The van der Waals surface area contributed by atoms with Crippen LogP contribution in [0.5, 0.6) is 0 Å². The molecular weight excluding hydrogens is 717 g/mol. The predicted molar refractivity (Wildman–Crippen MR) is 220 cm³/mol. The number of likely N-dealkylation sites (tertiary alicyclic amines) is 1. The van der Waals surface area contributed by atoms with Crippen LogP contribution < -0.4 is 21.7 Å². The number of carbonyl (C=O) groups excluding carboxylic acids is 3. The molecule has 1 spiro atoms. The first-order chi connectivity index (χ1) is 27.4. The molecule has 0 bridgehead atoms. The van der Waals surface area contributed by atoms with Gasteiger partial charge in [-0.3, -0.25) is 14.4 Å². The molecule has 298 valence electrons. The Balaban J connectivity index is 0.830. The number of H-pyrrole nitrogens is 1. The number of anilines is 2. The van der Waals surface area contributed by atoms with Gasteiger partial charge in [-0.05, 0) is 86.9 Å². The van der Waals surface area contributed by atoms with Crippen LogP contribution in [0, 0.1) is 16.7 Å². The van der Waals surface area contributed by atoms with E-state index >= 15 is 0 Å². The molecule has 13 heteroatoms. The summed E-state index contributed by atoms with van der Waals surface area (Å²) in [5.41, 5.74) is 20.2. The van der Waals surface area contributed by atoms with Gasteiger partial charge in [-0.15, -0.1) is 0 Å². The van der Waals surface area contributed by atoms with Crippen LogP contribution in [0.2, 0.25) is 0 Å². The van der Waals surface area contributed by atoms with E-state index in [9.17, 15) is 19.6 Å². The molecule has 4 aromatic rings. The molecule has 8 rings (SSSR count). The minimum atomic E-state index is -0.582. The number of ketones is 1. The van der Waals surface area contributed by atoms with Crippen LogP contribution in [0.3, 0.4) is 0 Å². The van der Waals surface area contributed by atoms with E-state index in [1.165, 1.54) is 6.33 Å². The smallest absolute Gasteiger partial charge is 0.237 e. The maximum absolute atomic E-state index is 14.1. The van der Waals surface area contributed by atoms with Crippen molar-refractivity contribution < 1.29 is 14.4 Å². The predicted octanol–water partition coefficient (Wildman–Crippen LogP) is 4.20. The van der Waals surface area contributed by atoms with E-state index < -0.39 is 11.5 Å². The minimum absolute atomic E-state index is 0.0194. The number of nitrogen functional groups attached to an aromatic ring is 1. The Labute approximate surface area is 334 Å². The summed E-state index contributed by atoms with van der Waals surface area (Å²) in [5.74, 6) is 0.107. The van der Waals surface area contributed by atoms with Gasteiger partial charge in [-0.2, -0.15) is 5.26 Å². The normalized spacial score (nSPS) is 20.0. The van der Waals surface area contributed by atoms with E-state index in [0.29, 0.717) is 49.2 Å². The van der Waals surface area contributed by atoms with Crippen molar-refractivity contribution in [1.82, 2.24) is 30.1 Å². The number of nitriles is 1. The van der Waals surface area contributed by atoms with Gasteiger partial charge >= 0.3 is 0 Å². The topological polar surface area (TPSA) is 190 Å². The second-order valence-corrected chi connectivity index (χ2v) is 17.1. The lowest BCUT2D eigenvalue weighted by Gasteiger charge is -2.39. The fourth-order valence-electron chi connectivity index (χ4n) is 9.55. The number of amides is 2. The van der Waals surface area contributed by atoms with Crippen molar-refractivity contribution in [3.63, 3.8) is 0 Å². The molecule has 4 aliphatic rings. The van der Waals surface area contributed by atoms with Crippen molar-refractivity contribution in [3.8, 4) is 6.07 Å². The van der Waals surface area contributed by atoms with Gasteiger partial charge in [-0.1, -0.05) is 26.8 Å². The lowest BCUT2D eigenvalue weighted by atomic mass is 9.70. The van der Waals surface area contributed by atoms with Crippen LogP contribution in [0.4, 0.5) is 11.4 Å². The third-order valence-corrected chi connectivity index (χ3v) is 13.2. The lowest BCUT2D eigenvalue weighted by Crippen LogP contribution is -2.49. The highest BCUT2D eigenvalue weighted by atomic mass is 16.2. The van der Waals surface area contributed by atoms with Gasteiger partial charge in [0.25, 0.3) is 0 Å². The number of benzene rings is 2. The van der Waals surface area contributed by atoms with Crippen molar-refractivity contribution in [3.05, 3.63) is 82.1 Å². The molecule has 2 amide bonds. The number of hydrogen-bond acceptors (Lipinski definition) is 10. The van der Waals surface area contributed by atoms with Crippen LogP contribution in [0.1, 0.15) is 103 Å². The molecule has 4 heterocycles. The van der Waals surface area contributed by atoms with Gasteiger partial charge in [0.1, 0.15) is 6.33 Å². The van der Waals surface area contributed by atoms with Crippen molar-refractivity contribution >= 4 is 39.9 Å². The van der Waals surface area contributed by atoms with Crippen molar-refractivity contribution in [2.24, 2.45) is 11.1 Å². The molecule has 2 aromatic heterocycles. The van der Waals surface area contributed by atoms with Gasteiger partial charge in [0.2, 0.25) is 11.8 Å². The number of nitrogens with zero attached hydrogens (tertiary/aromatic N) is 6. The van der Waals surface area contributed by atoms with Crippen LogP contribution in [0.15, 0.2) is 42.9 Å². The first-order valence-corrected chi connectivity index (χ1v) is 20.6. The highest BCUT2D eigenvalue weighted by Gasteiger charge is 2.55. The molecule has 3 fully saturated rings. The quantitative estimate of drug-likeness (QED) is 0.163. The van der Waals surface area contributed by atoms with E-state index in [-0.39, 0.29) is 29.1 Å². The summed E-state index contributed by atoms with van der Waals surface area (Å²) < 4.78 is 0. The number of hydrogen-bond donors (Lipinski definition) is 4. The molecule has 57 heavy (non-hydrogen) atoms. The minimum Gasteiger partial charge on any atom is -0.396 e. The van der Waals surface area contributed by atoms with Crippen LogP contribution in [-0.4, -0.2) is 100 Å². The number of aromatic amines is 1. The Morgan fingerprint density at radius 3 is 2.63 bits per heavy atom. The van der Waals surface area contributed by atoms with Gasteiger partial charge in [0.05, 0.1) is 40.8 Å². The number of nitrogens with one attached hydrogen (secondary N) is 2. The number of carbonyl (C=O) groups is 3. The van der Waals surface area contributed by atoms with Crippen LogP contribution >= 0.6 is 0 Å². The van der Waals surface area contributed by atoms with Crippen molar-refractivity contribution in [1.29, 1.82) is 5.26 Å². The molecule has 6 N–H and O–H groups in total. The molecule has 13 nitrogen and oxygen atoms in total. The third-order valence-electron chi connectivity index (χ3n) is 13.2.